The van der Waals surface area contributed by atoms with Gasteiger partial charge < -0.3 is 38.1 Å². The molecular weight excluding hydrogens is 686 g/mol. The van der Waals surface area contributed by atoms with Gasteiger partial charge in [-0.05, 0) is 67.3 Å². The van der Waals surface area contributed by atoms with Crippen LogP contribution in [0.25, 0.3) is 0 Å². The van der Waals surface area contributed by atoms with Crippen molar-refractivity contribution in [3.8, 4) is 23.0 Å². The van der Waals surface area contributed by atoms with Crippen molar-refractivity contribution in [2.24, 2.45) is 10.8 Å². The number of hydrogen-bond acceptors (Lipinski definition) is 9. The molecule has 4 aromatic rings. The number of carbonyl (C=O) groups is 2. The molecule has 4 rings (SSSR count). The molecule has 0 aromatic heterocycles. The number of hydrogen-bond donors (Lipinski definition) is 0. The molecule has 0 bridgehead atoms. The van der Waals surface area contributed by atoms with E-state index < -0.39 is 35.2 Å². The Labute approximate surface area is 320 Å². The van der Waals surface area contributed by atoms with Gasteiger partial charge in [0.2, 0.25) is 5.91 Å². The summed E-state index contributed by atoms with van der Waals surface area (Å²) in [6.07, 6.45) is -1.86. The van der Waals surface area contributed by atoms with Crippen LogP contribution < -0.4 is 18.9 Å². The third kappa shape index (κ3) is 11.0. The number of nitrogens with zero attached hydrogens (tertiary/aromatic N) is 1. The van der Waals surface area contributed by atoms with Gasteiger partial charge in [0.05, 0.1) is 32.2 Å². The van der Waals surface area contributed by atoms with Crippen molar-refractivity contribution in [3.05, 3.63) is 119 Å². The molecule has 2 atom stereocenters. The van der Waals surface area contributed by atoms with Gasteiger partial charge >= 0.3 is 5.97 Å². The second kappa shape index (κ2) is 18.8. The van der Waals surface area contributed by atoms with Gasteiger partial charge in [0, 0.05) is 19.6 Å². The van der Waals surface area contributed by atoms with Crippen molar-refractivity contribution in [1.29, 1.82) is 0 Å². The van der Waals surface area contributed by atoms with E-state index in [-0.39, 0.29) is 25.7 Å². The van der Waals surface area contributed by atoms with Crippen LogP contribution in [0.15, 0.2) is 97.1 Å². The van der Waals surface area contributed by atoms with E-state index >= 15 is 0 Å². The van der Waals surface area contributed by atoms with Crippen molar-refractivity contribution < 1.29 is 42.7 Å². The Kier molecular flexibility index (Phi) is 14.5. The number of methoxy groups -OCH3 is 4. The van der Waals surface area contributed by atoms with Gasteiger partial charge in [0.15, 0.2) is 35.4 Å². The highest BCUT2D eigenvalue weighted by molar-refractivity contribution is 5.82. The van der Waals surface area contributed by atoms with Gasteiger partial charge in [-0.3, -0.25) is 9.59 Å². The summed E-state index contributed by atoms with van der Waals surface area (Å²) in [5.74, 6) is 1.20. The SMILES string of the molecule is COc1ccc(C(OC(=O)C(C)(C)C)C(c2ccc(OC)c(OCc3ccccc3)c2)N(CC(OC)OC)C(=O)C(C)(C)C)cc1OCc1ccccc1. The van der Waals surface area contributed by atoms with Gasteiger partial charge in [-0.1, -0.05) is 93.6 Å². The highest BCUT2D eigenvalue weighted by Crippen LogP contribution is 2.45. The first-order valence-electron chi connectivity index (χ1n) is 18.0. The van der Waals surface area contributed by atoms with Crippen LogP contribution in [0.2, 0.25) is 0 Å². The molecule has 10 nitrogen and oxygen atoms in total. The summed E-state index contributed by atoms with van der Waals surface area (Å²) >= 11 is 0. The van der Waals surface area contributed by atoms with Gasteiger partial charge in [0.1, 0.15) is 13.2 Å². The fraction of sp³-hybridized carbons (Fsp3) is 0.409. The lowest BCUT2D eigenvalue weighted by Gasteiger charge is -2.41. The maximum Gasteiger partial charge on any atom is 0.311 e. The van der Waals surface area contributed by atoms with Gasteiger partial charge in [-0.2, -0.15) is 0 Å². The van der Waals surface area contributed by atoms with E-state index in [9.17, 15) is 9.59 Å². The lowest BCUT2D eigenvalue weighted by atomic mass is 9.88. The quantitative estimate of drug-likeness (QED) is 0.0777. The maximum atomic E-state index is 14.7. The van der Waals surface area contributed by atoms with Crippen LogP contribution in [0.4, 0.5) is 0 Å². The van der Waals surface area contributed by atoms with Crippen molar-refractivity contribution in [3.63, 3.8) is 0 Å². The molecule has 290 valence electrons. The molecule has 10 heteroatoms. The summed E-state index contributed by atoms with van der Waals surface area (Å²) in [4.78, 5) is 30.3. The number of benzene rings is 4. The molecule has 2 unspecified atom stereocenters. The first-order chi connectivity index (χ1) is 25.7. The molecule has 0 aliphatic rings. The molecule has 0 heterocycles. The van der Waals surface area contributed by atoms with Crippen LogP contribution in [-0.4, -0.2) is 58.1 Å². The molecule has 0 aliphatic heterocycles. The molecule has 1 amide bonds. The van der Waals surface area contributed by atoms with Crippen LogP contribution in [-0.2, 0) is 37.0 Å². The molecule has 4 aromatic carbocycles. The summed E-state index contributed by atoms with van der Waals surface area (Å²) in [6.45, 7) is 11.4. The zero-order valence-corrected chi connectivity index (χ0v) is 33.2. The van der Waals surface area contributed by atoms with E-state index in [1.54, 1.807) is 58.1 Å². The van der Waals surface area contributed by atoms with Crippen LogP contribution in [0, 0.1) is 10.8 Å². The first-order valence-corrected chi connectivity index (χ1v) is 18.0. The predicted octanol–water partition coefficient (Wildman–Crippen LogP) is 8.73. The van der Waals surface area contributed by atoms with E-state index in [2.05, 4.69) is 0 Å². The van der Waals surface area contributed by atoms with E-state index in [0.717, 1.165) is 11.1 Å². The summed E-state index contributed by atoms with van der Waals surface area (Å²) in [7, 11) is 6.17. The number of ether oxygens (including phenoxy) is 7. The fourth-order valence-corrected chi connectivity index (χ4v) is 5.73. The molecule has 54 heavy (non-hydrogen) atoms. The number of esters is 1. The normalized spacial score (nSPS) is 12.8. The molecular formula is C44H55NO9. The number of carbonyl (C=O) groups excluding carboxylic acids is 2. The zero-order chi connectivity index (χ0) is 39.5. The molecule has 0 aliphatic carbocycles. The Morgan fingerprint density at radius 3 is 1.48 bits per heavy atom. The van der Waals surface area contributed by atoms with Crippen molar-refractivity contribution in [1.82, 2.24) is 4.90 Å². The van der Waals surface area contributed by atoms with Gasteiger partial charge in [-0.15, -0.1) is 0 Å². The number of rotatable bonds is 17. The van der Waals surface area contributed by atoms with Crippen molar-refractivity contribution in [2.45, 2.75) is 73.2 Å². The largest absolute Gasteiger partial charge is 0.493 e. The summed E-state index contributed by atoms with van der Waals surface area (Å²) in [6, 6.07) is 29.5. The minimum absolute atomic E-state index is 0.0110. The first kappa shape index (κ1) is 41.7. The van der Waals surface area contributed by atoms with Crippen molar-refractivity contribution in [2.75, 3.05) is 35.0 Å². The van der Waals surface area contributed by atoms with Gasteiger partial charge in [0.25, 0.3) is 0 Å². The van der Waals surface area contributed by atoms with Gasteiger partial charge in [-0.25, -0.2) is 0 Å². The monoisotopic (exact) mass is 741 g/mol. The minimum atomic E-state index is -1.06. The van der Waals surface area contributed by atoms with Crippen molar-refractivity contribution >= 4 is 11.9 Å². The maximum absolute atomic E-state index is 14.7. The highest BCUT2D eigenvalue weighted by atomic mass is 16.7. The molecule has 0 saturated heterocycles. The topological polar surface area (TPSA) is 102 Å². The van der Waals surface area contributed by atoms with Crippen LogP contribution >= 0.6 is 0 Å². The molecule has 0 fully saturated rings. The second-order valence-corrected chi connectivity index (χ2v) is 15.0. The lowest BCUT2D eigenvalue weighted by molar-refractivity contribution is -0.173. The Hall–Kier alpha value is -5.06. The van der Waals surface area contributed by atoms with E-state index in [1.807, 2.05) is 99.6 Å². The summed E-state index contributed by atoms with van der Waals surface area (Å²) in [5, 5.41) is 0. The average Bonchev–Trinajstić information content (AvgIpc) is 3.16. The third-order valence-corrected chi connectivity index (χ3v) is 8.76. The summed E-state index contributed by atoms with van der Waals surface area (Å²) in [5.41, 5.74) is 1.39. The number of amides is 1. The lowest BCUT2D eigenvalue weighted by Crippen LogP contribution is -2.48. The third-order valence-electron chi connectivity index (χ3n) is 8.76. The molecule has 0 spiro atoms. The Morgan fingerprint density at radius 2 is 1.06 bits per heavy atom. The van der Waals surface area contributed by atoms with E-state index in [4.69, 9.17) is 33.2 Å². The van der Waals surface area contributed by atoms with E-state index in [1.165, 1.54) is 14.2 Å². The highest BCUT2D eigenvalue weighted by Gasteiger charge is 2.42. The Morgan fingerprint density at radius 1 is 0.593 bits per heavy atom. The standard InChI is InChI=1S/C44H55NO9/c1-43(2,3)41(46)45(27-38(50-9)51-10)39(32-21-23-34(48-7)36(25-32)52-28-30-17-13-11-14-18-30)40(54-42(47)44(4,5)6)33-22-24-35(49-8)37(26-33)53-29-31-19-15-12-16-20-31/h11-26,38-40H,27-29H2,1-10H3. The smallest absolute Gasteiger partial charge is 0.311 e. The average molecular weight is 742 g/mol. The Balaban J connectivity index is 1.97. The molecule has 0 radical (unpaired) electrons. The second-order valence-electron chi connectivity index (χ2n) is 15.0. The molecule has 0 N–H and O–H groups in total. The van der Waals surface area contributed by atoms with Crippen LogP contribution in [0.3, 0.4) is 0 Å². The molecule has 0 saturated carbocycles. The zero-order valence-electron chi connectivity index (χ0n) is 33.2. The fourth-order valence-electron chi connectivity index (χ4n) is 5.73. The minimum Gasteiger partial charge on any atom is -0.493 e. The summed E-state index contributed by atoms with van der Waals surface area (Å²) < 4.78 is 42.0. The Bertz CT molecular complexity index is 1790. The van der Waals surface area contributed by atoms with Crippen LogP contribution in [0.1, 0.15) is 75.9 Å². The van der Waals surface area contributed by atoms with E-state index in [0.29, 0.717) is 34.1 Å². The van der Waals surface area contributed by atoms with Crippen LogP contribution in [0.5, 0.6) is 23.0 Å². The predicted molar refractivity (Wildman–Crippen MR) is 208 cm³/mol.